The maximum Gasteiger partial charge on any atom is 0.258 e. The van der Waals surface area contributed by atoms with Gasteiger partial charge in [-0.15, -0.1) is 10.2 Å². The number of nitrogens with one attached hydrogen (secondary N) is 1. The Hall–Kier alpha value is -2.41. The van der Waals surface area contributed by atoms with Crippen LogP contribution < -0.4 is 10.1 Å². The second-order valence-electron chi connectivity index (χ2n) is 6.66. The first-order chi connectivity index (χ1) is 13.2. The number of hydrogen-bond acceptors (Lipinski definition) is 4. The number of amides is 1. The summed E-state index contributed by atoms with van der Waals surface area (Å²) in [6.07, 6.45) is 4.45. The van der Waals surface area contributed by atoms with Gasteiger partial charge in [-0.3, -0.25) is 4.79 Å². The topological polar surface area (TPSA) is 69.0 Å². The van der Waals surface area contributed by atoms with Gasteiger partial charge in [0.15, 0.2) is 12.4 Å². The predicted molar refractivity (Wildman–Crippen MR) is 107 cm³/mol. The van der Waals surface area contributed by atoms with Crippen LogP contribution in [0.2, 0.25) is 0 Å². The molecule has 2 aromatic carbocycles. The fraction of sp³-hybridized carbons (Fsp3) is 0.350. The summed E-state index contributed by atoms with van der Waals surface area (Å²) in [5.74, 6) is 2.31. The molecule has 1 aromatic heterocycles. The molecule has 0 unspecified atom stereocenters. The van der Waals surface area contributed by atoms with Crippen molar-refractivity contribution in [2.45, 2.75) is 38.8 Å². The predicted octanol–water partition coefficient (Wildman–Crippen LogP) is 3.62. The highest BCUT2D eigenvalue weighted by atomic mass is 79.9. The molecule has 7 heteroatoms. The first-order valence-corrected chi connectivity index (χ1v) is 9.99. The number of aryl methyl sites for hydroxylation is 1. The molecular formula is C20H21BrN4O2. The molecule has 1 amide bonds. The molecule has 0 saturated heterocycles. The van der Waals surface area contributed by atoms with Crippen LogP contribution in [0.15, 0.2) is 40.9 Å². The highest BCUT2D eigenvalue weighted by Crippen LogP contribution is 2.32. The highest BCUT2D eigenvalue weighted by molar-refractivity contribution is 9.10. The Morgan fingerprint density at radius 1 is 1.15 bits per heavy atom. The number of hydrogen-bond donors (Lipinski definition) is 1. The van der Waals surface area contributed by atoms with Crippen LogP contribution in [-0.2, 0) is 24.3 Å². The number of aromatic nitrogens is 3. The van der Waals surface area contributed by atoms with Crippen molar-refractivity contribution in [3.05, 3.63) is 52.5 Å². The van der Waals surface area contributed by atoms with E-state index in [1.54, 1.807) is 0 Å². The zero-order valence-corrected chi connectivity index (χ0v) is 16.5. The summed E-state index contributed by atoms with van der Waals surface area (Å²) in [5.41, 5.74) is 0. The van der Waals surface area contributed by atoms with E-state index in [0.29, 0.717) is 12.3 Å². The first kappa shape index (κ1) is 18.0. The largest absolute Gasteiger partial charge is 0.483 e. The van der Waals surface area contributed by atoms with Crippen molar-refractivity contribution in [3.63, 3.8) is 0 Å². The summed E-state index contributed by atoms with van der Waals surface area (Å²) < 4.78 is 8.70. The van der Waals surface area contributed by atoms with E-state index in [-0.39, 0.29) is 12.5 Å². The van der Waals surface area contributed by atoms with Gasteiger partial charge in [0.05, 0.1) is 11.0 Å². The summed E-state index contributed by atoms with van der Waals surface area (Å²) >= 11 is 3.57. The Kier molecular flexibility index (Phi) is 5.38. The molecule has 0 aliphatic carbocycles. The van der Waals surface area contributed by atoms with Gasteiger partial charge in [-0.25, -0.2) is 0 Å². The number of carbonyl (C=O) groups excluding carboxylic acids is 1. The molecule has 140 valence electrons. The fourth-order valence-corrected chi connectivity index (χ4v) is 3.98. The molecule has 1 aliphatic rings. The molecule has 0 saturated carbocycles. The van der Waals surface area contributed by atoms with Gasteiger partial charge in [0.25, 0.3) is 5.91 Å². The van der Waals surface area contributed by atoms with E-state index in [4.69, 9.17) is 4.74 Å². The maximum atomic E-state index is 12.2. The van der Waals surface area contributed by atoms with Crippen molar-refractivity contribution in [2.24, 2.45) is 0 Å². The van der Waals surface area contributed by atoms with Crippen LogP contribution >= 0.6 is 15.9 Å². The highest BCUT2D eigenvalue weighted by Gasteiger charge is 2.15. The molecular weight excluding hydrogens is 408 g/mol. The van der Waals surface area contributed by atoms with Gasteiger partial charge < -0.3 is 14.6 Å². The van der Waals surface area contributed by atoms with E-state index in [0.717, 1.165) is 52.7 Å². The summed E-state index contributed by atoms with van der Waals surface area (Å²) in [7, 11) is 0. The van der Waals surface area contributed by atoms with Crippen LogP contribution in [0.25, 0.3) is 10.8 Å². The van der Waals surface area contributed by atoms with E-state index in [1.807, 2.05) is 36.4 Å². The molecule has 6 nitrogen and oxygen atoms in total. The molecule has 0 radical (unpaired) electrons. The van der Waals surface area contributed by atoms with Crippen molar-refractivity contribution < 1.29 is 9.53 Å². The summed E-state index contributed by atoms with van der Waals surface area (Å²) in [4.78, 5) is 12.2. The van der Waals surface area contributed by atoms with Crippen LogP contribution in [0.1, 0.15) is 30.9 Å². The standard InChI is InChI=1S/C20H21BrN4O2/c21-20-15-7-4-3-6-14(15)9-10-16(20)27-13-19(26)22-12-18-24-23-17-8-2-1-5-11-25(17)18/h3-4,6-7,9-10H,1-2,5,8,11-13H2,(H,22,26). The number of benzene rings is 2. The van der Waals surface area contributed by atoms with E-state index < -0.39 is 0 Å². The number of halogens is 1. The van der Waals surface area contributed by atoms with Gasteiger partial charge in [0.2, 0.25) is 0 Å². The number of carbonyl (C=O) groups is 1. The first-order valence-electron chi connectivity index (χ1n) is 9.20. The van der Waals surface area contributed by atoms with Gasteiger partial charge in [0.1, 0.15) is 11.6 Å². The minimum atomic E-state index is -0.180. The summed E-state index contributed by atoms with van der Waals surface area (Å²) in [6, 6.07) is 11.9. The lowest BCUT2D eigenvalue weighted by atomic mass is 10.1. The third-order valence-electron chi connectivity index (χ3n) is 4.82. The Morgan fingerprint density at radius 2 is 2.04 bits per heavy atom. The van der Waals surface area contributed by atoms with Crippen molar-refractivity contribution in [1.82, 2.24) is 20.1 Å². The Labute approximate surface area is 166 Å². The van der Waals surface area contributed by atoms with Crippen LogP contribution in [0.5, 0.6) is 5.75 Å². The third-order valence-corrected chi connectivity index (χ3v) is 5.63. The molecule has 2 heterocycles. The fourth-order valence-electron chi connectivity index (χ4n) is 3.37. The molecule has 27 heavy (non-hydrogen) atoms. The molecule has 1 N–H and O–H groups in total. The molecule has 3 aromatic rings. The van der Waals surface area contributed by atoms with Gasteiger partial charge in [-0.05, 0) is 45.6 Å². The lowest BCUT2D eigenvalue weighted by molar-refractivity contribution is -0.123. The van der Waals surface area contributed by atoms with Crippen LogP contribution in [0.4, 0.5) is 0 Å². The quantitative estimate of drug-likeness (QED) is 0.673. The van der Waals surface area contributed by atoms with E-state index in [2.05, 4.69) is 36.0 Å². The monoisotopic (exact) mass is 428 g/mol. The smallest absolute Gasteiger partial charge is 0.258 e. The zero-order chi connectivity index (χ0) is 18.6. The normalized spacial score (nSPS) is 13.8. The van der Waals surface area contributed by atoms with Crippen LogP contribution in [-0.4, -0.2) is 27.3 Å². The maximum absolute atomic E-state index is 12.2. The summed E-state index contributed by atoms with van der Waals surface area (Å²) in [6.45, 7) is 1.25. The zero-order valence-electron chi connectivity index (χ0n) is 14.9. The third kappa shape index (κ3) is 3.98. The Morgan fingerprint density at radius 3 is 2.96 bits per heavy atom. The Bertz CT molecular complexity index is 970. The molecule has 4 rings (SSSR count). The van der Waals surface area contributed by atoms with Crippen molar-refractivity contribution >= 4 is 32.6 Å². The van der Waals surface area contributed by atoms with Gasteiger partial charge in [-0.1, -0.05) is 36.8 Å². The molecule has 0 atom stereocenters. The van der Waals surface area contributed by atoms with Gasteiger partial charge in [-0.2, -0.15) is 0 Å². The minimum absolute atomic E-state index is 0.0437. The van der Waals surface area contributed by atoms with Crippen LogP contribution in [0.3, 0.4) is 0 Å². The average molecular weight is 429 g/mol. The van der Waals surface area contributed by atoms with Crippen molar-refractivity contribution in [2.75, 3.05) is 6.61 Å². The lowest BCUT2D eigenvalue weighted by Gasteiger charge is -2.11. The van der Waals surface area contributed by atoms with E-state index >= 15 is 0 Å². The van der Waals surface area contributed by atoms with E-state index in [1.165, 1.54) is 6.42 Å². The number of ether oxygens (including phenoxy) is 1. The van der Waals surface area contributed by atoms with Gasteiger partial charge in [0, 0.05) is 13.0 Å². The Balaban J connectivity index is 1.35. The van der Waals surface area contributed by atoms with Crippen molar-refractivity contribution in [1.29, 1.82) is 0 Å². The van der Waals surface area contributed by atoms with E-state index in [9.17, 15) is 4.79 Å². The second kappa shape index (κ2) is 8.08. The number of nitrogens with zero attached hydrogens (tertiary/aromatic N) is 3. The minimum Gasteiger partial charge on any atom is -0.483 e. The lowest BCUT2D eigenvalue weighted by Crippen LogP contribution is -2.29. The second-order valence-corrected chi connectivity index (χ2v) is 7.45. The SMILES string of the molecule is O=C(COc1ccc2ccccc2c1Br)NCc1nnc2n1CCCCC2. The van der Waals surface area contributed by atoms with Crippen LogP contribution in [0, 0.1) is 0 Å². The molecule has 1 aliphatic heterocycles. The number of rotatable bonds is 5. The summed E-state index contributed by atoms with van der Waals surface area (Å²) in [5, 5.41) is 13.5. The molecule has 0 spiro atoms. The number of fused-ring (bicyclic) bond motifs is 2. The molecule has 0 fully saturated rings. The average Bonchev–Trinajstić information content (AvgIpc) is 2.92. The van der Waals surface area contributed by atoms with Crippen molar-refractivity contribution in [3.8, 4) is 5.75 Å². The van der Waals surface area contributed by atoms with Gasteiger partial charge >= 0.3 is 0 Å². The molecule has 0 bridgehead atoms.